The number of anilines is 1. The summed E-state index contributed by atoms with van der Waals surface area (Å²) in [6, 6.07) is 0. The standard InChI is InChI=1S/C15H23N5O5/c1-8(2)9(3)14(23)24-5-10(4-21)25-7-20-6-17-11-12(20)18-15(16)19-13(11)22/h6,8-10,21H,4-5,7H2,1-3H3,(H3,16,18,19,22)/t9-,10?/m1/s1. The number of hydrogen-bond acceptors (Lipinski definition) is 8. The molecule has 0 aliphatic carbocycles. The summed E-state index contributed by atoms with van der Waals surface area (Å²) in [6.07, 6.45) is 0.674. The Labute approximate surface area is 144 Å². The summed E-state index contributed by atoms with van der Waals surface area (Å²) in [5.74, 6) is -0.454. The number of H-pyrrole nitrogens is 1. The number of carbonyl (C=O) groups is 1. The molecule has 10 nitrogen and oxygen atoms in total. The Balaban J connectivity index is 1.97. The first-order valence-electron chi connectivity index (χ1n) is 7.93. The number of nitrogens with one attached hydrogen (secondary N) is 1. The van der Waals surface area contributed by atoms with E-state index in [0.717, 1.165) is 0 Å². The minimum absolute atomic E-state index is 0.0328. The molecule has 0 saturated carbocycles. The maximum atomic E-state index is 11.9. The van der Waals surface area contributed by atoms with Crippen LogP contribution in [0.5, 0.6) is 0 Å². The van der Waals surface area contributed by atoms with Gasteiger partial charge < -0.3 is 20.3 Å². The van der Waals surface area contributed by atoms with Gasteiger partial charge in [0.15, 0.2) is 11.2 Å². The lowest BCUT2D eigenvalue weighted by Gasteiger charge is -2.19. The molecule has 0 fully saturated rings. The largest absolute Gasteiger partial charge is 0.463 e. The summed E-state index contributed by atoms with van der Waals surface area (Å²) in [6.45, 7) is 5.20. The molecular formula is C15H23N5O5. The molecule has 4 N–H and O–H groups in total. The molecule has 0 aliphatic rings. The van der Waals surface area contributed by atoms with Crippen LogP contribution in [0.4, 0.5) is 5.95 Å². The van der Waals surface area contributed by atoms with Gasteiger partial charge >= 0.3 is 5.97 Å². The van der Waals surface area contributed by atoms with E-state index in [9.17, 15) is 14.7 Å². The van der Waals surface area contributed by atoms with Gasteiger partial charge in [-0.3, -0.25) is 19.1 Å². The average Bonchev–Trinajstić information content (AvgIpc) is 2.97. The van der Waals surface area contributed by atoms with E-state index in [1.165, 1.54) is 10.9 Å². The molecule has 10 heteroatoms. The fraction of sp³-hybridized carbons (Fsp3) is 0.600. The van der Waals surface area contributed by atoms with Gasteiger partial charge in [0.2, 0.25) is 5.95 Å². The summed E-state index contributed by atoms with van der Waals surface area (Å²) >= 11 is 0. The first kappa shape index (κ1) is 18.9. The minimum atomic E-state index is -0.708. The zero-order valence-electron chi connectivity index (χ0n) is 14.4. The number of nitrogens with zero attached hydrogens (tertiary/aromatic N) is 3. The first-order valence-corrected chi connectivity index (χ1v) is 7.93. The maximum absolute atomic E-state index is 11.9. The third-order valence-corrected chi connectivity index (χ3v) is 3.93. The number of hydrogen-bond donors (Lipinski definition) is 3. The fourth-order valence-corrected chi connectivity index (χ4v) is 1.98. The summed E-state index contributed by atoms with van der Waals surface area (Å²) in [5, 5.41) is 9.39. The van der Waals surface area contributed by atoms with Crippen LogP contribution in [0.25, 0.3) is 11.2 Å². The van der Waals surface area contributed by atoms with Crippen molar-refractivity contribution in [1.82, 2.24) is 19.5 Å². The van der Waals surface area contributed by atoms with E-state index in [4.69, 9.17) is 15.2 Å². The summed E-state index contributed by atoms with van der Waals surface area (Å²) in [4.78, 5) is 33.9. The molecule has 0 aromatic carbocycles. The molecule has 2 aromatic heterocycles. The van der Waals surface area contributed by atoms with Gasteiger partial charge in [-0.1, -0.05) is 20.8 Å². The second-order valence-electron chi connectivity index (χ2n) is 6.10. The number of nitrogen functional groups attached to an aromatic ring is 1. The van der Waals surface area contributed by atoms with Crippen LogP contribution in [0.2, 0.25) is 0 Å². The van der Waals surface area contributed by atoms with Crippen molar-refractivity contribution in [1.29, 1.82) is 0 Å². The number of aliphatic hydroxyl groups is 1. The number of rotatable bonds is 8. The van der Waals surface area contributed by atoms with Crippen LogP contribution in [-0.4, -0.2) is 49.9 Å². The molecule has 138 valence electrons. The summed E-state index contributed by atoms with van der Waals surface area (Å²) in [5.41, 5.74) is 5.48. The number of nitrogens with two attached hydrogens (primary N) is 1. The second-order valence-corrected chi connectivity index (χ2v) is 6.10. The van der Waals surface area contributed by atoms with Gasteiger partial charge in [-0.15, -0.1) is 0 Å². The van der Waals surface area contributed by atoms with Crippen LogP contribution < -0.4 is 11.3 Å². The number of aromatic nitrogens is 4. The van der Waals surface area contributed by atoms with E-state index in [0.29, 0.717) is 0 Å². The minimum Gasteiger partial charge on any atom is -0.463 e. The van der Waals surface area contributed by atoms with Gasteiger partial charge in [0.1, 0.15) is 19.4 Å². The molecule has 2 aromatic rings. The van der Waals surface area contributed by atoms with Crippen LogP contribution in [0.1, 0.15) is 20.8 Å². The fourth-order valence-electron chi connectivity index (χ4n) is 1.98. The van der Waals surface area contributed by atoms with Crippen molar-refractivity contribution >= 4 is 23.1 Å². The van der Waals surface area contributed by atoms with Crippen molar-refractivity contribution in [2.45, 2.75) is 33.6 Å². The topological polar surface area (TPSA) is 145 Å². The van der Waals surface area contributed by atoms with Gasteiger partial charge in [0.25, 0.3) is 5.56 Å². The molecule has 0 bridgehead atoms. The van der Waals surface area contributed by atoms with E-state index in [1.807, 2.05) is 13.8 Å². The van der Waals surface area contributed by atoms with Crippen LogP contribution in [-0.2, 0) is 21.0 Å². The van der Waals surface area contributed by atoms with Crippen molar-refractivity contribution in [3.05, 3.63) is 16.7 Å². The molecule has 2 rings (SSSR count). The monoisotopic (exact) mass is 353 g/mol. The highest BCUT2D eigenvalue weighted by Crippen LogP contribution is 2.12. The Morgan fingerprint density at radius 1 is 1.44 bits per heavy atom. The lowest BCUT2D eigenvalue weighted by Crippen LogP contribution is -2.29. The van der Waals surface area contributed by atoms with Gasteiger partial charge in [0, 0.05) is 0 Å². The summed E-state index contributed by atoms with van der Waals surface area (Å²) in [7, 11) is 0. The number of aromatic amines is 1. The molecule has 25 heavy (non-hydrogen) atoms. The average molecular weight is 353 g/mol. The van der Waals surface area contributed by atoms with Crippen LogP contribution >= 0.6 is 0 Å². The first-order chi connectivity index (χ1) is 11.8. The molecular weight excluding hydrogens is 330 g/mol. The number of aliphatic hydroxyl groups excluding tert-OH is 1. The van der Waals surface area contributed by atoms with E-state index in [2.05, 4.69) is 15.0 Å². The molecule has 0 saturated heterocycles. The molecule has 1 unspecified atom stereocenters. The van der Waals surface area contributed by atoms with Crippen LogP contribution in [0.15, 0.2) is 11.1 Å². The number of fused-ring (bicyclic) bond motifs is 1. The Morgan fingerprint density at radius 2 is 2.16 bits per heavy atom. The number of carbonyl (C=O) groups excluding carboxylic acids is 1. The van der Waals surface area contributed by atoms with E-state index < -0.39 is 11.7 Å². The van der Waals surface area contributed by atoms with E-state index >= 15 is 0 Å². The third kappa shape index (κ3) is 4.54. The van der Waals surface area contributed by atoms with Gasteiger partial charge in [-0.25, -0.2) is 4.98 Å². The Hall–Kier alpha value is -2.46. The smallest absolute Gasteiger partial charge is 0.309 e. The predicted molar refractivity (Wildman–Crippen MR) is 89.5 cm³/mol. The van der Waals surface area contributed by atoms with Crippen molar-refractivity contribution in [3.63, 3.8) is 0 Å². The van der Waals surface area contributed by atoms with E-state index in [-0.39, 0.29) is 54.9 Å². The highest BCUT2D eigenvalue weighted by molar-refractivity contribution is 5.72. The normalized spacial score (nSPS) is 14.0. The van der Waals surface area contributed by atoms with Crippen molar-refractivity contribution in [2.75, 3.05) is 18.9 Å². The number of imidazole rings is 1. The molecule has 2 heterocycles. The van der Waals surface area contributed by atoms with Crippen molar-refractivity contribution in [3.8, 4) is 0 Å². The van der Waals surface area contributed by atoms with Gasteiger partial charge in [-0.2, -0.15) is 4.98 Å². The van der Waals surface area contributed by atoms with Crippen molar-refractivity contribution in [2.24, 2.45) is 11.8 Å². The molecule has 0 radical (unpaired) electrons. The lowest BCUT2D eigenvalue weighted by molar-refractivity contribution is -0.156. The quantitative estimate of drug-likeness (QED) is 0.556. The third-order valence-electron chi connectivity index (χ3n) is 3.93. The Bertz CT molecular complexity index is 784. The highest BCUT2D eigenvalue weighted by atomic mass is 16.6. The Kier molecular flexibility index (Phi) is 6.10. The van der Waals surface area contributed by atoms with Crippen molar-refractivity contribution < 1.29 is 19.4 Å². The zero-order valence-corrected chi connectivity index (χ0v) is 14.4. The SMILES string of the molecule is CC(C)[C@@H](C)C(=O)OCC(CO)OCn1cnc2c(=O)[nH]c(N)nc21. The molecule has 0 spiro atoms. The molecule has 2 atom stereocenters. The lowest BCUT2D eigenvalue weighted by atomic mass is 9.99. The van der Waals surface area contributed by atoms with E-state index in [1.54, 1.807) is 6.92 Å². The van der Waals surface area contributed by atoms with Crippen LogP contribution in [0, 0.1) is 11.8 Å². The molecule has 0 aliphatic heterocycles. The summed E-state index contributed by atoms with van der Waals surface area (Å²) < 4.78 is 12.2. The molecule has 0 amide bonds. The van der Waals surface area contributed by atoms with Gasteiger partial charge in [-0.05, 0) is 5.92 Å². The Morgan fingerprint density at radius 3 is 2.80 bits per heavy atom. The number of esters is 1. The maximum Gasteiger partial charge on any atom is 0.309 e. The van der Waals surface area contributed by atoms with Gasteiger partial charge in [0.05, 0.1) is 18.9 Å². The second kappa shape index (κ2) is 8.08. The zero-order chi connectivity index (χ0) is 18.6. The number of ether oxygens (including phenoxy) is 2. The highest BCUT2D eigenvalue weighted by Gasteiger charge is 2.20. The predicted octanol–water partition coefficient (Wildman–Crippen LogP) is -0.128. The van der Waals surface area contributed by atoms with Crippen LogP contribution in [0.3, 0.4) is 0 Å².